The summed E-state index contributed by atoms with van der Waals surface area (Å²) in [6.45, 7) is 0. The Morgan fingerprint density at radius 3 is 1.60 bits per heavy atom. The maximum atomic E-state index is 2.21. The number of rotatable bonds is 1. The third-order valence-electron chi connectivity index (χ3n) is 0.516. The topological polar surface area (TPSA) is 3.24 Å². The Labute approximate surface area is 39.9 Å². The molecule has 0 aromatic rings. The molecule has 0 unspecified atom stereocenters. The van der Waals surface area contributed by atoms with Gasteiger partial charge in [-0.2, -0.15) is 0 Å². The van der Waals surface area contributed by atoms with Crippen LogP contribution in [-0.4, -0.2) is 33.4 Å². The van der Waals surface area contributed by atoms with Gasteiger partial charge in [-0.3, -0.25) is 0 Å². The molecule has 0 aromatic heterocycles. The molecule has 0 bridgehead atoms. The highest BCUT2D eigenvalue weighted by molar-refractivity contribution is 6.29. The number of nitrogens with zero attached hydrogens (tertiary/aromatic N) is 1. The Hall–Kier alpha value is 0.492. The first-order valence-electron chi connectivity index (χ1n) is 1.73. The fraction of sp³-hybridized carbons (Fsp3) is 1.00. The van der Waals surface area contributed by atoms with E-state index in [9.17, 15) is 0 Å². The van der Waals surface area contributed by atoms with E-state index in [0.29, 0.717) is 15.4 Å². The Balaban J connectivity index is 2.54. The molecule has 0 aliphatic rings. The first-order chi connectivity index (χ1) is 2.27. The molecule has 2 heteroatoms. The smallest absolute Gasteiger partial charge is 0.318 e. The van der Waals surface area contributed by atoms with E-state index in [4.69, 9.17) is 0 Å². The summed E-state index contributed by atoms with van der Waals surface area (Å²) in [6.07, 6.45) is 0. The summed E-state index contributed by atoms with van der Waals surface area (Å²) < 4.78 is 2.21. The van der Waals surface area contributed by atoms with E-state index in [1.807, 2.05) is 0 Å². The minimum Gasteiger partial charge on any atom is -0.397 e. The molecular formula is C3H9AlN. The molecule has 0 spiro atoms. The summed E-state index contributed by atoms with van der Waals surface area (Å²) in [5.74, 6) is 2.21. The van der Waals surface area contributed by atoms with Gasteiger partial charge in [0.25, 0.3) is 0 Å². The molecule has 0 atom stereocenters. The van der Waals surface area contributed by atoms with Gasteiger partial charge in [-0.25, -0.2) is 0 Å². The van der Waals surface area contributed by atoms with Crippen molar-refractivity contribution in [1.82, 2.24) is 3.88 Å². The van der Waals surface area contributed by atoms with Crippen molar-refractivity contribution in [2.45, 2.75) is 5.79 Å². The molecule has 0 amide bonds. The SMILES string of the molecule is [CH3][Al][N](C)C. The van der Waals surface area contributed by atoms with Crippen molar-refractivity contribution in [1.29, 1.82) is 0 Å². The summed E-state index contributed by atoms with van der Waals surface area (Å²) in [4.78, 5) is 0. The largest absolute Gasteiger partial charge is 0.397 e. The Kier molecular flexibility index (Phi) is 2.98. The predicted molar refractivity (Wildman–Crippen MR) is 25.3 cm³/mol. The molecule has 0 saturated heterocycles. The van der Waals surface area contributed by atoms with Crippen LogP contribution in [0.25, 0.3) is 0 Å². The van der Waals surface area contributed by atoms with Crippen LogP contribution in [0.15, 0.2) is 0 Å². The van der Waals surface area contributed by atoms with Gasteiger partial charge in [-0.15, -0.1) is 0 Å². The molecule has 0 rings (SSSR count). The highest BCUT2D eigenvalue weighted by Crippen LogP contribution is 1.60. The van der Waals surface area contributed by atoms with E-state index in [0.717, 1.165) is 0 Å². The van der Waals surface area contributed by atoms with Crippen molar-refractivity contribution in [3.63, 3.8) is 0 Å². The average molecular weight is 86.1 g/mol. The molecule has 1 nitrogen and oxygen atoms in total. The number of hydrogen-bond donors (Lipinski definition) is 0. The van der Waals surface area contributed by atoms with Gasteiger partial charge in [0, 0.05) is 0 Å². The second-order valence-corrected chi connectivity index (χ2v) is 2.77. The Morgan fingerprint density at radius 1 is 1.40 bits per heavy atom. The molecule has 0 aliphatic carbocycles. The molecular weight excluding hydrogens is 77.0 g/mol. The third-order valence-corrected chi connectivity index (χ3v) is 1.55. The van der Waals surface area contributed by atoms with Crippen molar-refractivity contribution in [3.8, 4) is 0 Å². The van der Waals surface area contributed by atoms with Gasteiger partial charge in [0.1, 0.15) is 0 Å². The third kappa shape index (κ3) is 4.49. The van der Waals surface area contributed by atoms with Crippen molar-refractivity contribution in [2.75, 3.05) is 14.1 Å². The molecule has 5 heavy (non-hydrogen) atoms. The molecule has 0 saturated carbocycles. The van der Waals surface area contributed by atoms with E-state index in [1.54, 1.807) is 0 Å². The van der Waals surface area contributed by atoms with Crippen molar-refractivity contribution >= 4 is 15.4 Å². The fourth-order valence-corrected chi connectivity index (χ4v) is 0. The standard InChI is InChI=1S/C2H6N.CH3.Al/c1-3-2;;/h1-2H3;1H3;/q-1;;+1. The van der Waals surface area contributed by atoms with Crippen LogP contribution in [-0.2, 0) is 0 Å². The zero-order valence-electron chi connectivity index (χ0n) is 4.02. The van der Waals surface area contributed by atoms with E-state index in [2.05, 4.69) is 23.8 Å². The van der Waals surface area contributed by atoms with Crippen molar-refractivity contribution in [2.24, 2.45) is 0 Å². The van der Waals surface area contributed by atoms with E-state index < -0.39 is 0 Å². The zero-order valence-corrected chi connectivity index (χ0v) is 5.18. The van der Waals surface area contributed by atoms with Crippen LogP contribution in [0.4, 0.5) is 0 Å². The van der Waals surface area contributed by atoms with Crippen LogP contribution in [0.3, 0.4) is 0 Å². The minimum atomic E-state index is 0.565. The van der Waals surface area contributed by atoms with Gasteiger partial charge in [-0.05, 0) is 14.1 Å². The molecule has 0 fully saturated rings. The quantitative estimate of drug-likeness (QED) is 0.412. The molecule has 0 N–H and O–H groups in total. The lowest BCUT2D eigenvalue weighted by Gasteiger charge is -1.99. The van der Waals surface area contributed by atoms with Crippen LogP contribution < -0.4 is 0 Å². The number of hydrogen-bond acceptors (Lipinski definition) is 1. The fourth-order valence-electron chi connectivity index (χ4n) is 0. The van der Waals surface area contributed by atoms with Crippen LogP contribution in [0, 0.1) is 0 Å². The Bertz CT molecular complexity index is 20.9. The predicted octanol–water partition coefficient (Wildman–Crippen LogP) is 0.215. The van der Waals surface area contributed by atoms with Gasteiger partial charge in [0.05, 0.1) is 0 Å². The summed E-state index contributed by atoms with van der Waals surface area (Å²) >= 11 is 0.565. The molecule has 0 aromatic carbocycles. The van der Waals surface area contributed by atoms with Crippen LogP contribution in [0.5, 0.6) is 0 Å². The lowest BCUT2D eigenvalue weighted by atomic mass is 11.3. The molecule has 1 radical (unpaired) electrons. The summed E-state index contributed by atoms with van der Waals surface area (Å²) in [5, 5.41) is 0. The first-order valence-corrected chi connectivity index (χ1v) is 3.40. The Morgan fingerprint density at radius 2 is 1.60 bits per heavy atom. The van der Waals surface area contributed by atoms with Crippen molar-refractivity contribution in [3.05, 3.63) is 0 Å². The average Bonchev–Trinajstić information content (AvgIpc) is 1.38. The maximum absolute atomic E-state index is 2.21. The van der Waals surface area contributed by atoms with E-state index in [-0.39, 0.29) is 0 Å². The van der Waals surface area contributed by atoms with Crippen molar-refractivity contribution < 1.29 is 0 Å². The molecule has 0 aliphatic heterocycles. The van der Waals surface area contributed by atoms with E-state index in [1.165, 1.54) is 0 Å². The van der Waals surface area contributed by atoms with Crippen LogP contribution in [0.2, 0.25) is 5.79 Å². The second kappa shape index (κ2) is 2.72. The maximum Gasteiger partial charge on any atom is 0.318 e. The summed E-state index contributed by atoms with van der Waals surface area (Å²) in [6, 6.07) is 0. The van der Waals surface area contributed by atoms with E-state index >= 15 is 0 Å². The van der Waals surface area contributed by atoms with Crippen LogP contribution >= 0.6 is 0 Å². The van der Waals surface area contributed by atoms with Gasteiger partial charge in [0.15, 0.2) is 0 Å². The zero-order chi connectivity index (χ0) is 4.28. The normalized spacial score (nSPS) is 8.80. The highest BCUT2D eigenvalue weighted by Gasteiger charge is 1.78. The summed E-state index contributed by atoms with van der Waals surface area (Å²) in [5.41, 5.74) is 0. The summed E-state index contributed by atoms with van der Waals surface area (Å²) in [7, 11) is 4.19. The first kappa shape index (κ1) is 5.49. The highest BCUT2D eigenvalue weighted by atomic mass is 27.1. The lowest BCUT2D eigenvalue weighted by molar-refractivity contribution is 0.665. The minimum absolute atomic E-state index is 0.565. The van der Waals surface area contributed by atoms with Gasteiger partial charge in [0.2, 0.25) is 0 Å². The lowest BCUT2D eigenvalue weighted by Crippen LogP contribution is -2.12. The van der Waals surface area contributed by atoms with Gasteiger partial charge in [-0.1, -0.05) is 5.79 Å². The second-order valence-electron chi connectivity index (χ2n) is 1.22. The molecule has 29 valence electrons. The van der Waals surface area contributed by atoms with Crippen LogP contribution in [0.1, 0.15) is 0 Å². The molecule has 0 heterocycles. The van der Waals surface area contributed by atoms with Gasteiger partial charge < -0.3 is 3.88 Å². The van der Waals surface area contributed by atoms with Gasteiger partial charge >= 0.3 is 15.4 Å². The monoisotopic (exact) mass is 86.1 g/mol.